The van der Waals surface area contributed by atoms with Crippen molar-refractivity contribution in [2.45, 2.75) is 64.9 Å². The molecular formula is C21H30O6. The lowest BCUT2D eigenvalue weighted by atomic mass is 9.46. The summed E-state index contributed by atoms with van der Waals surface area (Å²) in [7, 11) is 0. The van der Waals surface area contributed by atoms with Gasteiger partial charge in [-0.3, -0.25) is 0 Å². The van der Waals surface area contributed by atoms with E-state index in [2.05, 4.69) is 6.58 Å². The fraction of sp³-hybridized carbons (Fsp3) is 0.762. The summed E-state index contributed by atoms with van der Waals surface area (Å²) in [6.07, 6.45) is 7.33. The summed E-state index contributed by atoms with van der Waals surface area (Å²) < 4.78 is 15.4. The van der Waals surface area contributed by atoms with Gasteiger partial charge in [0.05, 0.1) is 0 Å². The van der Waals surface area contributed by atoms with E-state index in [1.807, 2.05) is 13.8 Å². The van der Waals surface area contributed by atoms with Gasteiger partial charge in [-0.05, 0) is 77.0 Å². The molecule has 4 fully saturated rings. The largest absolute Gasteiger partial charge is 0.457 e. The van der Waals surface area contributed by atoms with Crippen LogP contribution in [0.4, 0.5) is 0 Å². The first-order valence-corrected chi connectivity index (χ1v) is 9.80. The maximum Gasteiger partial charge on any atom is 0.344 e. The lowest BCUT2D eigenvalue weighted by Crippen LogP contribution is -2.57. The van der Waals surface area contributed by atoms with Crippen LogP contribution in [0.25, 0.3) is 0 Å². The molecule has 4 aliphatic carbocycles. The Labute approximate surface area is 160 Å². The van der Waals surface area contributed by atoms with E-state index >= 15 is 0 Å². The number of esters is 3. The molecule has 0 radical (unpaired) electrons. The van der Waals surface area contributed by atoms with E-state index in [9.17, 15) is 14.4 Å². The number of rotatable bonds is 7. The number of hydrogen-bond donors (Lipinski definition) is 0. The van der Waals surface area contributed by atoms with Crippen molar-refractivity contribution in [1.29, 1.82) is 0 Å². The average molecular weight is 378 g/mol. The van der Waals surface area contributed by atoms with Crippen molar-refractivity contribution >= 4 is 17.9 Å². The summed E-state index contributed by atoms with van der Waals surface area (Å²) in [4.78, 5) is 35.2. The molecular weight excluding hydrogens is 348 g/mol. The normalized spacial score (nSPS) is 31.3. The molecule has 150 valence electrons. The number of carbonyl (C=O) groups is 3. The second kappa shape index (κ2) is 7.28. The molecule has 6 nitrogen and oxygen atoms in total. The Bertz CT molecular complexity index is 612. The zero-order valence-electron chi connectivity index (χ0n) is 16.5. The van der Waals surface area contributed by atoms with Gasteiger partial charge in [0, 0.05) is 11.0 Å². The van der Waals surface area contributed by atoms with Crippen LogP contribution < -0.4 is 0 Å². The van der Waals surface area contributed by atoms with Gasteiger partial charge in [0.2, 0.25) is 0 Å². The third kappa shape index (κ3) is 4.19. The van der Waals surface area contributed by atoms with Gasteiger partial charge in [-0.25, -0.2) is 14.4 Å². The molecule has 0 aromatic rings. The van der Waals surface area contributed by atoms with Crippen molar-refractivity contribution in [3.8, 4) is 0 Å². The minimum atomic E-state index is -0.783. The van der Waals surface area contributed by atoms with Crippen LogP contribution in [0.15, 0.2) is 12.2 Å². The Hall–Kier alpha value is -1.85. The first kappa shape index (κ1) is 19.9. The lowest BCUT2D eigenvalue weighted by Gasteiger charge is -2.61. The van der Waals surface area contributed by atoms with Crippen LogP contribution in [0.5, 0.6) is 0 Å². The minimum absolute atomic E-state index is 0.0401. The molecule has 4 aliphatic rings. The van der Waals surface area contributed by atoms with Gasteiger partial charge in [-0.2, -0.15) is 0 Å². The highest BCUT2D eigenvalue weighted by atomic mass is 16.6. The van der Waals surface area contributed by atoms with Gasteiger partial charge in [0.25, 0.3) is 0 Å². The third-order valence-electron chi connectivity index (χ3n) is 6.70. The van der Waals surface area contributed by atoms with Crippen molar-refractivity contribution in [3.05, 3.63) is 12.2 Å². The molecule has 0 aromatic heterocycles. The van der Waals surface area contributed by atoms with Crippen molar-refractivity contribution in [3.63, 3.8) is 0 Å². The fourth-order valence-corrected chi connectivity index (χ4v) is 5.70. The third-order valence-corrected chi connectivity index (χ3v) is 6.70. The molecule has 0 unspecified atom stereocenters. The highest BCUT2D eigenvalue weighted by Crippen LogP contribution is 2.64. The SMILES string of the molecule is C=C(C)C(=O)OCC(=O)OCC(=O)OC(C)(C)C12CC3CC(CC(C3)C1)C2. The molecule has 4 saturated carbocycles. The average Bonchev–Trinajstić information content (AvgIpc) is 2.56. The zero-order chi connectivity index (χ0) is 19.8. The quantitative estimate of drug-likeness (QED) is 0.385. The Morgan fingerprint density at radius 3 is 1.89 bits per heavy atom. The summed E-state index contributed by atoms with van der Waals surface area (Å²) in [5.41, 5.74) is -0.350. The van der Waals surface area contributed by atoms with Gasteiger partial charge in [-0.1, -0.05) is 6.58 Å². The Morgan fingerprint density at radius 1 is 0.926 bits per heavy atom. The molecule has 4 rings (SSSR count). The van der Waals surface area contributed by atoms with Crippen LogP contribution in [0.1, 0.15) is 59.3 Å². The molecule has 0 atom stereocenters. The summed E-state index contributed by atoms with van der Waals surface area (Å²) in [5.74, 6) is 0.266. The molecule has 27 heavy (non-hydrogen) atoms. The minimum Gasteiger partial charge on any atom is -0.457 e. The summed E-state index contributed by atoms with van der Waals surface area (Å²) in [5, 5.41) is 0. The van der Waals surface area contributed by atoms with Gasteiger partial charge in [0.15, 0.2) is 13.2 Å². The van der Waals surface area contributed by atoms with E-state index in [1.165, 1.54) is 26.2 Å². The first-order valence-electron chi connectivity index (χ1n) is 9.80. The zero-order valence-corrected chi connectivity index (χ0v) is 16.5. The molecule has 0 saturated heterocycles. The van der Waals surface area contributed by atoms with Crippen LogP contribution in [0, 0.1) is 23.2 Å². The molecule has 0 amide bonds. The Morgan fingerprint density at radius 2 is 1.41 bits per heavy atom. The lowest BCUT2D eigenvalue weighted by molar-refractivity contribution is -0.202. The molecule has 0 aromatic carbocycles. The van der Waals surface area contributed by atoms with Crippen molar-refractivity contribution in [2.24, 2.45) is 23.2 Å². The summed E-state index contributed by atoms with van der Waals surface area (Å²) >= 11 is 0. The van der Waals surface area contributed by atoms with Crippen LogP contribution in [0.3, 0.4) is 0 Å². The fourth-order valence-electron chi connectivity index (χ4n) is 5.70. The van der Waals surface area contributed by atoms with E-state index in [1.54, 1.807) is 0 Å². The first-order chi connectivity index (χ1) is 12.6. The predicted molar refractivity (Wildman–Crippen MR) is 97.5 cm³/mol. The van der Waals surface area contributed by atoms with E-state index in [0.717, 1.165) is 37.0 Å². The van der Waals surface area contributed by atoms with Gasteiger partial charge >= 0.3 is 17.9 Å². The van der Waals surface area contributed by atoms with E-state index in [0.29, 0.717) is 0 Å². The molecule has 0 aliphatic heterocycles. The second-order valence-electron chi connectivity index (χ2n) is 9.20. The molecule has 0 spiro atoms. The van der Waals surface area contributed by atoms with E-state index < -0.39 is 36.7 Å². The standard InChI is InChI=1S/C21H30O6/c1-13(2)19(24)26-11-17(22)25-12-18(23)27-20(3,4)21-8-14-5-15(9-21)7-16(6-14)10-21/h14-16H,1,5-12H2,2-4H3. The highest BCUT2D eigenvalue weighted by molar-refractivity contribution is 5.88. The molecule has 0 heterocycles. The maximum absolute atomic E-state index is 12.3. The number of hydrogen-bond acceptors (Lipinski definition) is 6. The van der Waals surface area contributed by atoms with Gasteiger partial charge in [0.1, 0.15) is 5.60 Å². The monoisotopic (exact) mass is 378 g/mol. The second-order valence-corrected chi connectivity index (χ2v) is 9.20. The Kier molecular flexibility index (Phi) is 5.37. The summed E-state index contributed by atoms with van der Waals surface area (Å²) in [6.45, 7) is 7.88. The predicted octanol–water partition coefficient (Wildman–Crippen LogP) is 3.19. The van der Waals surface area contributed by atoms with E-state index in [4.69, 9.17) is 14.2 Å². The maximum atomic E-state index is 12.3. The molecule has 4 bridgehead atoms. The van der Waals surface area contributed by atoms with E-state index in [-0.39, 0.29) is 11.0 Å². The van der Waals surface area contributed by atoms with Gasteiger partial charge < -0.3 is 14.2 Å². The Balaban J connectivity index is 1.49. The number of ether oxygens (including phenoxy) is 3. The van der Waals surface area contributed by atoms with Crippen LogP contribution in [-0.2, 0) is 28.6 Å². The summed E-state index contributed by atoms with van der Waals surface area (Å²) in [6, 6.07) is 0. The topological polar surface area (TPSA) is 78.9 Å². The van der Waals surface area contributed by atoms with Crippen LogP contribution in [-0.4, -0.2) is 36.7 Å². The van der Waals surface area contributed by atoms with Gasteiger partial charge in [-0.15, -0.1) is 0 Å². The van der Waals surface area contributed by atoms with Crippen molar-refractivity contribution < 1.29 is 28.6 Å². The number of carbonyl (C=O) groups excluding carboxylic acids is 3. The highest BCUT2D eigenvalue weighted by Gasteiger charge is 2.58. The smallest absolute Gasteiger partial charge is 0.344 e. The molecule has 6 heteroatoms. The van der Waals surface area contributed by atoms with Crippen LogP contribution >= 0.6 is 0 Å². The van der Waals surface area contributed by atoms with Crippen LogP contribution in [0.2, 0.25) is 0 Å². The van der Waals surface area contributed by atoms with Crippen molar-refractivity contribution in [2.75, 3.05) is 13.2 Å². The van der Waals surface area contributed by atoms with Crippen molar-refractivity contribution in [1.82, 2.24) is 0 Å². The molecule has 0 N–H and O–H groups in total.